The molecule has 0 aromatic heterocycles. The van der Waals surface area contributed by atoms with E-state index >= 15 is 0 Å². The van der Waals surface area contributed by atoms with Crippen LogP contribution in [0.1, 0.15) is 24.8 Å². The monoisotopic (exact) mass is 522 g/mol. The third kappa shape index (κ3) is 6.65. The average molecular weight is 523 g/mol. The van der Waals surface area contributed by atoms with Gasteiger partial charge in [0.2, 0.25) is 0 Å². The molecule has 4 rings (SSSR count). The minimum absolute atomic E-state index is 0.124. The summed E-state index contributed by atoms with van der Waals surface area (Å²) in [6.45, 7) is 0.531. The standard InChI is InChI=1S/C24H30N2O9S/c27-20(19(25-24(28)29)14-17-6-2-1-3-7-17)16-26(35-23-8-4-5-11-34-23)36(30,31)18-9-10-21-22(15-18)33-13-12-32-21/h1-3,6-7,9-10,15,19-20,23,25,27H,4-5,8,11-14,16H2,(H,28,29). The number of aliphatic hydroxyl groups excluding tert-OH is 1. The van der Waals surface area contributed by atoms with Gasteiger partial charge in [-0.2, -0.15) is 0 Å². The summed E-state index contributed by atoms with van der Waals surface area (Å²) in [5.41, 5.74) is 0.771. The van der Waals surface area contributed by atoms with Crippen LogP contribution in [-0.4, -0.2) is 74.0 Å². The van der Waals surface area contributed by atoms with Gasteiger partial charge in [0.1, 0.15) is 13.2 Å². The highest BCUT2D eigenvalue weighted by Crippen LogP contribution is 2.33. The number of sulfonamides is 1. The van der Waals surface area contributed by atoms with Crippen molar-refractivity contribution in [3.05, 3.63) is 54.1 Å². The molecule has 36 heavy (non-hydrogen) atoms. The first-order chi connectivity index (χ1) is 17.3. The van der Waals surface area contributed by atoms with Crippen LogP contribution in [0, 0.1) is 0 Å². The van der Waals surface area contributed by atoms with Crippen LogP contribution >= 0.6 is 0 Å². The Hall–Kier alpha value is -2.90. The second-order valence-corrected chi connectivity index (χ2v) is 10.3. The number of hydrogen-bond acceptors (Lipinski definition) is 8. The summed E-state index contributed by atoms with van der Waals surface area (Å²) in [4.78, 5) is 17.1. The number of rotatable bonds is 10. The van der Waals surface area contributed by atoms with Crippen molar-refractivity contribution < 1.29 is 42.5 Å². The predicted octanol–water partition coefficient (Wildman–Crippen LogP) is 2.15. The molecule has 0 spiro atoms. The quantitative estimate of drug-likeness (QED) is 0.400. The summed E-state index contributed by atoms with van der Waals surface area (Å²) in [6, 6.07) is 12.2. The topological polar surface area (TPSA) is 144 Å². The van der Waals surface area contributed by atoms with Gasteiger partial charge in [-0.05, 0) is 37.0 Å². The van der Waals surface area contributed by atoms with Gasteiger partial charge >= 0.3 is 6.09 Å². The van der Waals surface area contributed by atoms with Gasteiger partial charge < -0.3 is 29.7 Å². The van der Waals surface area contributed by atoms with E-state index in [2.05, 4.69) is 5.32 Å². The molecule has 0 bridgehead atoms. The number of hydroxylamine groups is 1. The second-order valence-electron chi connectivity index (χ2n) is 8.51. The molecule has 1 saturated heterocycles. The van der Waals surface area contributed by atoms with Crippen LogP contribution < -0.4 is 14.8 Å². The Morgan fingerprint density at radius 3 is 2.53 bits per heavy atom. The van der Waals surface area contributed by atoms with Crippen molar-refractivity contribution in [1.29, 1.82) is 0 Å². The average Bonchev–Trinajstić information content (AvgIpc) is 2.88. The van der Waals surface area contributed by atoms with E-state index in [0.29, 0.717) is 29.9 Å². The first-order valence-corrected chi connectivity index (χ1v) is 13.2. The molecule has 3 unspecified atom stereocenters. The van der Waals surface area contributed by atoms with E-state index in [1.165, 1.54) is 18.2 Å². The maximum Gasteiger partial charge on any atom is 0.404 e. The fraction of sp³-hybridized carbons (Fsp3) is 0.458. The van der Waals surface area contributed by atoms with Crippen molar-refractivity contribution in [3.63, 3.8) is 0 Å². The van der Waals surface area contributed by atoms with Gasteiger partial charge in [0.25, 0.3) is 10.0 Å². The van der Waals surface area contributed by atoms with Crippen LogP contribution in [0.2, 0.25) is 0 Å². The van der Waals surface area contributed by atoms with Gasteiger partial charge in [0.15, 0.2) is 17.8 Å². The Bertz CT molecular complexity index is 1120. The Kier molecular flexibility index (Phi) is 8.64. The summed E-state index contributed by atoms with van der Waals surface area (Å²) in [5, 5.41) is 22.6. The van der Waals surface area contributed by atoms with Crippen molar-refractivity contribution in [2.45, 2.75) is 49.0 Å². The van der Waals surface area contributed by atoms with Gasteiger partial charge in [0, 0.05) is 19.1 Å². The zero-order chi connectivity index (χ0) is 25.5. The molecule has 2 aliphatic heterocycles. The zero-order valence-corrected chi connectivity index (χ0v) is 20.4. The summed E-state index contributed by atoms with van der Waals surface area (Å²) in [6.07, 6.45) is -1.35. The first-order valence-electron chi connectivity index (χ1n) is 11.7. The van der Waals surface area contributed by atoms with E-state index in [4.69, 9.17) is 19.0 Å². The number of hydrogen-bond donors (Lipinski definition) is 3. The van der Waals surface area contributed by atoms with E-state index in [-0.39, 0.29) is 23.7 Å². The number of carbonyl (C=O) groups is 1. The van der Waals surface area contributed by atoms with Crippen molar-refractivity contribution in [2.75, 3.05) is 26.4 Å². The van der Waals surface area contributed by atoms with Crippen molar-refractivity contribution >= 4 is 16.1 Å². The largest absolute Gasteiger partial charge is 0.486 e. The maximum absolute atomic E-state index is 13.6. The molecule has 1 amide bonds. The third-order valence-electron chi connectivity index (χ3n) is 5.86. The van der Waals surface area contributed by atoms with Crippen LogP contribution in [0.5, 0.6) is 11.5 Å². The number of nitrogens with zero attached hydrogens (tertiary/aromatic N) is 1. The lowest BCUT2D eigenvalue weighted by Gasteiger charge is -2.32. The van der Waals surface area contributed by atoms with Crippen LogP contribution in [0.4, 0.5) is 4.79 Å². The van der Waals surface area contributed by atoms with Crippen molar-refractivity contribution in [1.82, 2.24) is 9.79 Å². The number of benzene rings is 2. The Balaban J connectivity index is 1.59. The molecule has 2 aliphatic rings. The van der Waals surface area contributed by atoms with Gasteiger partial charge in [0.05, 0.1) is 23.6 Å². The second kappa shape index (κ2) is 11.9. The van der Waals surface area contributed by atoms with Gasteiger partial charge in [-0.25, -0.2) is 13.2 Å². The molecule has 2 aromatic rings. The maximum atomic E-state index is 13.6. The van der Waals surface area contributed by atoms with E-state index in [1.807, 2.05) is 6.07 Å². The molecule has 0 radical (unpaired) electrons. The lowest BCUT2D eigenvalue weighted by Crippen LogP contribution is -2.51. The van der Waals surface area contributed by atoms with Crippen molar-refractivity contribution in [3.8, 4) is 11.5 Å². The van der Waals surface area contributed by atoms with E-state index in [0.717, 1.165) is 18.4 Å². The molecule has 3 N–H and O–H groups in total. The summed E-state index contributed by atoms with van der Waals surface area (Å²) >= 11 is 0. The zero-order valence-electron chi connectivity index (χ0n) is 19.6. The minimum atomic E-state index is -4.30. The molecule has 2 heterocycles. The third-order valence-corrected chi connectivity index (χ3v) is 7.48. The van der Waals surface area contributed by atoms with Crippen LogP contribution in [0.3, 0.4) is 0 Å². The number of fused-ring (bicyclic) bond motifs is 1. The van der Waals surface area contributed by atoms with E-state index < -0.39 is 41.1 Å². The summed E-state index contributed by atoms with van der Waals surface area (Å²) in [5.74, 6) is 0.711. The number of ether oxygens (including phenoxy) is 3. The van der Waals surface area contributed by atoms with Crippen LogP contribution in [0.25, 0.3) is 0 Å². The van der Waals surface area contributed by atoms with Crippen molar-refractivity contribution in [2.24, 2.45) is 0 Å². The Labute approximate surface area is 209 Å². The highest BCUT2D eigenvalue weighted by Gasteiger charge is 2.35. The smallest absolute Gasteiger partial charge is 0.404 e. The predicted molar refractivity (Wildman–Crippen MR) is 127 cm³/mol. The highest BCUT2D eigenvalue weighted by atomic mass is 32.2. The van der Waals surface area contributed by atoms with Gasteiger partial charge in [-0.3, -0.25) is 4.84 Å². The minimum Gasteiger partial charge on any atom is -0.486 e. The number of aliphatic hydroxyl groups is 1. The molecular formula is C24H30N2O9S. The summed E-state index contributed by atoms with van der Waals surface area (Å²) < 4.78 is 44.5. The number of nitrogens with one attached hydrogen (secondary N) is 1. The molecule has 11 nitrogen and oxygen atoms in total. The SMILES string of the molecule is O=C(O)NC(Cc1ccccc1)C(O)CN(OC1CCCCO1)S(=O)(=O)c1ccc2c(c1)OCCO2. The lowest BCUT2D eigenvalue weighted by molar-refractivity contribution is -0.257. The van der Waals surface area contributed by atoms with E-state index in [9.17, 15) is 23.4 Å². The molecular weight excluding hydrogens is 492 g/mol. The van der Waals surface area contributed by atoms with Gasteiger partial charge in [-0.15, -0.1) is 0 Å². The molecule has 2 aromatic carbocycles. The Morgan fingerprint density at radius 2 is 1.83 bits per heavy atom. The fourth-order valence-electron chi connectivity index (χ4n) is 4.01. The number of amides is 1. The van der Waals surface area contributed by atoms with E-state index in [1.54, 1.807) is 24.3 Å². The summed E-state index contributed by atoms with van der Waals surface area (Å²) in [7, 11) is -4.30. The molecule has 12 heteroatoms. The molecule has 3 atom stereocenters. The van der Waals surface area contributed by atoms with Gasteiger partial charge in [-0.1, -0.05) is 34.8 Å². The highest BCUT2D eigenvalue weighted by molar-refractivity contribution is 7.89. The molecule has 0 saturated carbocycles. The normalized spacial score (nSPS) is 19.4. The van der Waals surface area contributed by atoms with Crippen LogP contribution in [0.15, 0.2) is 53.4 Å². The van der Waals surface area contributed by atoms with Crippen LogP contribution in [-0.2, 0) is 26.0 Å². The fourth-order valence-corrected chi connectivity index (χ4v) is 5.30. The molecule has 0 aliphatic carbocycles. The number of carboxylic acid groups (broad SMARTS) is 1. The molecule has 1 fully saturated rings. The first kappa shape index (κ1) is 26.2. The Morgan fingerprint density at radius 1 is 1.08 bits per heavy atom. The lowest BCUT2D eigenvalue weighted by atomic mass is 10.0. The molecule has 196 valence electrons.